The highest BCUT2D eigenvalue weighted by atomic mass is 16.5. The zero-order valence-electron chi connectivity index (χ0n) is 88.2. The van der Waals surface area contributed by atoms with E-state index in [4.69, 9.17) is 29.8 Å². The summed E-state index contributed by atoms with van der Waals surface area (Å²) in [7, 11) is 8.77. The van der Waals surface area contributed by atoms with Crippen molar-refractivity contribution in [3.8, 4) is 22.3 Å². The topological polar surface area (TPSA) is 383 Å². The van der Waals surface area contributed by atoms with Gasteiger partial charge in [-0.25, -0.2) is 9.59 Å². The summed E-state index contributed by atoms with van der Waals surface area (Å²) in [6.07, 6.45) is 31.9. The second-order valence-corrected chi connectivity index (χ2v) is 39.0. The van der Waals surface area contributed by atoms with Crippen molar-refractivity contribution in [3.05, 3.63) is 189 Å². The van der Waals surface area contributed by atoms with Crippen LogP contribution in [0.15, 0.2) is 133 Å². The van der Waals surface area contributed by atoms with Crippen molar-refractivity contribution in [1.82, 2.24) is 40.9 Å². The number of nitrogens with zero attached hydrogens (tertiary/aromatic N) is 4. The lowest BCUT2D eigenvalue weighted by molar-refractivity contribution is -0.146. The van der Waals surface area contributed by atoms with Gasteiger partial charge in [0.1, 0.15) is 42.3 Å². The minimum absolute atomic E-state index is 0.00604. The maximum Gasteiger partial charge on any atom is 0.328 e. The summed E-state index contributed by atoms with van der Waals surface area (Å²) in [5.74, 6) is -8.13. The number of ketones is 3. The number of esters is 2. The van der Waals surface area contributed by atoms with Crippen LogP contribution in [0.25, 0.3) is 22.3 Å². The second-order valence-electron chi connectivity index (χ2n) is 39.0. The Labute approximate surface area is 850 Å². The van der Waals surface area contributed by atoms with Crippen LogP contribution in [0, 0.1) is 39.5 Å². The highest BCUT2D eigenvalue weighted by molar-refractivity contribution is 5.98. The fraction of sp³-hybridized carbons (Fsp3) is 0.565. The summed E-state index contributed by atoms with van der Waals surface area (Å²) in [4.78, 5) is 190. The number of methoxy groups -OCH3 is 2. The monoisotopic (exact) mass is 1980 g/mol. The molecule has 2 heterocycles. The number of unbranched alkanes of at least 4 members (excludes halogenated alkanes) is 24. The normalized spacial score (nSPS) is 16.6. The number of hydrogen-bond acceptors (Lipinski definition) is 19. The number of nitrogens with two attached hydrogens (primary N) is 1. The lowest BCUT2D eigenvalue weighted by Gasteiger charge is -2.30. The van der Waals surface area contributed by atoms with Crippen molar-refractivity contribution in [2.24, 2.45) is 17.6 Å². The molecule has 0 aliphatic carbocycles. The van der Waals surface area contributed by atoms with Gasteiger partial charge in [0.25, 0.3) is 0 Å². The van der Waals surface area contributed by atoms with Gasteiger partial charge in [0.2, 0.25) is 47.3 Å². The summed E-state index contributed by atoms with van der Waals surface area (Å²) < 4.78 is 21.7. The number of aliphatic carboxylic acids is 1. The molecule has 0 spiro atoms. The molecule has 8 rings (SSSR count). The van der Waals surface area contributed by atoms with Crippen LogP contribution >= 0.6 is 0 Å². The molecule has 0 aromatic heterocycles. The molecule has 143 heavy (non-hydrogen) atoms. The molecule has 0 fully saturated rings. The van der Waals surface area contributed by atoms with Gasteiger partial charge in [-0.1, -0.05) is 303 Å². The van der Waals surface area contributed by atoms with Crippen LogP contribution in [0.5, 0.6) is 0 Å². The first-order valence-electron chi connectivity index (χ1n) is 52.0. The van der Waals surface area contributed by atoms with E-state index in [1.54, 1.807) is 48.0 Å². The second kappa shape index (κ2) is 64.9. The Morgan fingerprint density at radius 1 is 0.406 bits per heavy atom. The number of carboxylic acids is 1. The number of hydrogen-bond donors (Lipinski definition) is 6. The zero-order valence-corrected chi connectivity index (χ0v) is 88.2. The Morgan fingerprint density at radius 2 is 0.727 bits per heavy atom. The quantitative estimate of drug-likeness (QED) is 0.0153. The van der Waals surface area contributed by atoms with Crippen molar-refractivity contribution in [2.75, 3.05) is 62.2 Å². The van der Waals surface area contributed by atoms with Gasteiger partial charge in [0.15, 0.2) is 17.3 Å². The van der Waals surface area contributed by atoms with Crippen LogP contribution in [0.4, 0.5) is 0 Å². The zero-order chi connectivity index (χ0) is 105. The Kier molecular flexibility index (Phi) is 54.5. The maximum atomic E-state index is 14.3. The van der Waals surface area contributed by atoms with Gasteiger partial charge in [0, 0.05) is 91.4 Å². The summed E-state index contributed by atoms with van der Waals surface area (Å²) >= 11 is 0. The van der Waals surface area contributed by atoms with Gasteiger partial charge < -0.3 is 70.7 Å². The van der Waals surface area contributed by atoms with Crippen molar-refractivity contribution in [2.45, 2.75) is 349 Å². The van der Waals surface area contributed by atoms with E-state index in [0.717, 1.165) is 105 Å². The molecule has 8 bridgehead atoms. The number of fused-ring (bicyclic) bond motifs is 10. The summed E-state index contributed by atoms with van der Waals surface area (Å²) in [6.45, 7) is 18.8. The van der Waals surface area contributed by atoms with Crippen LogP contribution in [-0.2, 0) is 112 Å². The van der Waals surface area contributed by atoms with Gasteiger partial charge in [-0.2, -0.15) is 0 Å². The molecule has 6 aromatic carbocycles. The molecule has 0 radical (unpaired) electrons. The van der Waals surface area contributed by atoms with Gasteiger partial charge in [-0.15, -0.1) is 0 Å². The van der Waals surface area contributed by atoms with Crippen LogP contribution in [0.2, 0.25) is 0 Å². The fourth-order valence-corrected chi connectivity index (χ4v) is 18.0. The van der Waals surface area contributed by atoms with E-state index >= 15 is 0 Å². The molecule has 8 amide bonds. The minimum atomic E-state index is -1.13. The number of aryl methyl sites for hydroxylation is 4. The van der Waals surface area contributed by atoms with Crippen LogP contribution < -0.4 is 27.0 Å². The van der Waals surface area contributed by atoms with E-state index < -0.39 is 119 Å². The predicted octanol–water partition coefficient (Wildman–Crippen LogP) is 18.0. The number of likely N-dealkylation sites (N-methyl/N-ethyl adjacent to an activating group) is 4. The predicted molar refractivity (Wildman–Crippen MR) is 559 cm³/mol. The fourth-order valence-electron chi connectivity index (χ4n) is 18.0. The standard InChI is InChI=1S/C58H82N4O9.C30H50N2O5.C27H33N3O5/c1-9-10-11-12-13-14-15-16-17-18-19-20-24-27-53(65)61(6)50(39-71-38-44-25-22-21-23-26-44)57(68)59-43(5)51(63)32-33-54(66)62(7)55-46-31-29-41(3)48(37-46)47-35-45(30-28-40(47)2)36-49(58(69)70-8)60-56(67)42(4)34-52(55)64;1-4-5-6-7-8-9-10-11-12-13-14-15-19-22-28(33)32(3)27(29(34)31-25(2)30(35)36)24-37-23-26-20-17-16-18-21-26;1-15-6-8-18-11-20(15)21-13-19(9-7-16(21)2)25(30(4)24(32)14-28)23(31)10-17(3)26(33)29-22(12-18)27(34)35-5/h21-23,25-26,28-31,35,37,42-43,49-50,55H,9-20,24,27,32-34,36,38-39H2,1-8H3,(H,59,68)(H,60,67);16-18,20-21,25,27H,4-15,19,22-24H2,1-3H3,(H,31,34)(H,35,36);6-9,11,13,17,22,25H,10,12,14,28H2,1-5H3,(H,29,33)/t42-,43-,49+,50-,55+;25-,27-;17-,22+,25+/m111/s1. The highest BCUT2D eigenvalue weighted by Gasteiger charge is 2.38. The summed E-state index contributed by atoms with van der Waals surface area (Å²) in [6, 6.07) is 34.3. The molecule has 784 valence electrons. The number of nitrogens with one attached hydrogen (secondary N) is 4. The third-order valence-electron chi connectivity index (χ3n) is 27.3. The van der Waals surface area contributed by atoms with Crippen molar-refractivity contribution < 1.29 is 91.2 Å². The van der Waals surface area contributed by atoms with E-state index in [2.05, 4.69) is 35.1 Å². The van der Waals surface area contributed by atoms with Gasteiger partial charge in [-0.3, -0.25) is 57.5 Å². The van der Waals surface area contributed by atoms with Crippen LogP contribution in [0.3, 0.4) is 0 Å². The lowest BCUT2D eigenvalue weighted by atomic mass is 9.87. The Balaban J connectivity index is 0.000000364. The molecule has 0 unspecified atom stereocenters. The first-order valence-corrected chi connectivity index (χ1v) is 52.0. The Morgan fingerprint density at radius 3 is 1.06 bits per heavy atom. The average Bonchev–Trinajstić information content (AvgIpc) is 0.788. The SMILES string of the molecule is CCCCCCCCCCCCCCCC(=O)N(C)[C@H](COCc1ccccc1)C(=O)N[C@H](C)C(=O)CCC(=O)N(C)[C@@H]1C(=O)C[C@@H](C)C(=O)N[C@H](C(=O)OC)Cc2ccc(C)c(c2)-c2cc1ccc2C.CCCCCCCCCCCCCCCC(=O)N(C)[C@H](COCc1ccccc1)C(=O)N[C@H](C)C(=O)O.COC(=O)[C@@H]1Cc2ccc(C)c(c2)-c2cc(ccc2C)[C@H](N(C)C(=O)CN)C(=O)C[C@@H](C)C(=O)N1. The molecule has 28 heteroatoms. The van der Waals surface area contributed by atoms with Gasteiger partial charge >= 0.3 is 17.9 Å². The molecule has 10 atom stereocenters. The van der Waals surface area contributed by atoms with Crippen molar-refractivity contribution in [3.63, 3.8) is 0 Å². The molecule has 0 saturated heterocycles. The molecule has 2 aliphatic rings. The molecule has 7 N–H and O–H groups in total. The number of carbonyl (C=O) groups excluding carboxylic acids is 13. The number of rotatable bonds is 52. The molecular weight excluding hydrogens is 1810 g/mol. The number of amides is 8. The average molecular weight is 1980 g/mol. The molecule has 0 saturated carbocycles. The number of carboxylic acid groups (broad SMARTS) is 1. The Hall–Kier alpha value is -11.6. The maximum absolute atomic E-state index is 14.3. The first kappa shape index (κ1) is 120. The van der Waals surface area contributed by atoms with E-state index in [1.807, 2.05) is 155 Å². The molecule has 2 aliphatic heterocycles. The van der Waals surface area contributed by atoms with E-state index in [0.29, 0.717) is 37.0 Å². The van der Waals surface area contributed by atoms with Gasteiger partial charge in [0.05, 0.1) is 53.2 Å². The summed E-state index contributed by atoms with van der Waals surface area (Å²) in [5.41, 5.74) is 17.8. The number of Topliss-reactive ketones (excluding diaryl/α,β-unsaturated/α-hetero) is 3. The number of carbonyl (C=O) groups is 14. The van der Waals surface area contributed by atoms with Crippen LogP contribution in [0.1, 0.15) is 315 Å². The molecule has 28 nitrogen and oxygen atoms in total. The first-order chi connectivity index (χ1) is 68.5. The van der Waals surface area contributed by atoms with Crippen molar-refractivity contribution in [1.29, 1.82) is 0 Å². The smallest absolute Gasteiger partial charge is 0.328 e. The third-order valence-corrected chi connectivity index (χ3v) is 27.3. The largest absolute Gasteiger partial charge is 0.480 e. The van der Waals surface area contributed by atoms with E-state index in [9.17, 15) is 67.1 Å². The minimum Gasteiger partial charge on any atom is -0.480 e. The molecule has 6 aromatic rings. The third kappa shape index (κ3) is 40.8. The van der Waals surface area contributed by atoms with Crippen molar-refractivity contribution >= 4 is 82.5 Å². The lowest BCUT2D eigenvalue weighted by Crippen LogP contribution is -2.53. The van der Waals surface area contributed by atoms with E-state index in [-0.39, 0.29) is 88.4 Å². The van der Waals surface area contributed by atoms with Gasteiger partial charge in [-0.05, 0) is 144 Å². The summed E-state index contributed by atoms with van der Waals surface area (Å²) in [5, 5.41) is 19.9. The van der Waals surface area contributed by atoms with E-state index in [1.165, 1.54) is 170 Å². The highest BCUT2D eigenvalue weighted by Crippen LogP contribution is 2.37. The number of ether oxygens (including phenoxy) is 4. The van der Waals surface area contributed by atoms with Crippen LogP contribution in [-0.4, -0.2) is 206 Å². The number of benzene rings is 6. The molecular formula is C115H165N9O19. The Bertz CT molecular complexity index is 5060.